The van der Waals surface area contributed by atoms with E-state index in [9.17, 15) is 22.0 Å². The molecule has 5 rings (SSSR count). The lowest BCUT2D eigenvalue weighted by molar-refractivity contribution is -0.293. The number of ether oxygens (including phenoxy) is 1. The number of alkyl halides is 5. The number of aromatic nitrogens is 4. The van der Waals surface area contributed by atoms with Gasteiger partial charge in [-0.3, -0.25) is 9.47 Å². The second-order valence-corrected chi connectivity index (χ2v) is 9.94. The molecule has 40 heavy (non-hydrogen) atoms. The average Bonchev–Trinajstić information content (AvgIpc) is 3.29. The molecule has 0 radical (unpaired) electrons. The number of rotatable bonds is 7. The summed E-state index contributed by atoms with van der Waals surface area (Å²) in [6, 6.07) is 4.40. The van der Waals surface area contributed by atoms with Crippen molar-refractivity contribution in [3.8, 4) is 0 Å². The van der Waals surface area contributed by atoms with Gasteiger partial charge in [0.25, 0.3) is 0 Å². The maximum absolute atomic E-state index is 14.6. The number of imidazole rings is 1. The van der Waals surface area contributed by atoms with Crippen LogP contribution < -0.4 is 5.73 Å². The summed E-state index contributed by atoms with van der Waals surface area (Å²) in [5, 5.41) is 0. The van der Waals surface area contributed by atoms with E-state index in [1.165, 1.54) is 12.3 Å². The van der Waals surface area contributed by atoms with E-state index >= 15 is 0 Å². The summed E-state index contributed by atoms with van der Waals surface area (Å²) in [7, 11) is 0. The van der Waals surface area contributed by atoms with Crippen molar-refractivity contribution in [1.29, 1.82) is 0 Å². The Hall–Kier alpha value is -3.80. The number of halogens is 5. The molecule has 4 heterocycles. The molecule has 2 aliphatic rings. The Labute approximate surface area is 227 Å². The van der Waals surface area contributed by atoms with Gasteiger partial charge in [0, 0.05) is 32.0 Å². The topological polar surface area (TPSA) is 82.1 Å². The Morgan fingerprint density at radius 2 is 1.90 bits per heavy atom. The average molecular weight is 561 g/mol. The fraction of sp³-hybridized carbons (Fsp3) is 0.393. The van der Waals surface area contributed by atoms with Gasteiger partial charge in [0.1, 0.15) is 23.2 Å². The molecule has 0 spiro atoms. The highest BCUT2D eigenvalue weighted by Crippen LogP contribution is 2.45. The smallest absolute Gasteiger partial charge is 0.461 e. The van der Waals surface area contributed by atoms with E-state index in [-0.39, 0.29) is 23.7 Å². The van der Waals surface area contributed by atoms with Crippen LogP contribution in [0.5, 0.6) is 0 Å². The van der Waals surface area contributed by atoms with Gasteiger partial charge in [-0.15, -0.1) is 0 Å². The standard InChI is InChI=1S/C28H29F5N6O/c1-2-3-18-14-23-25(36-16-18)39(26(37-23)27(29,30)28(31,32)33)20-4-6-21(7-5-20)40-22-9-12-38(13-10-22)17-19-8-11-35-24(34)15-19/h2-4,6-8,11,14-16,20,22H,5,9-10,12-13,17H2,1H3,(H2,34,35)/b3-2+. The molecule has 0 amide bonds. The molecule has 2 N–H and O–H groups in total. The van der Waals surface area contributed by atoms with Crippen molar-refractivity contribution in [3.63, 3.8) is 0 Å². The number of likely N-dealkylation sites (tertiary alicyclic amines) is 1. The molecular formula is C28H29F5N6O. The molecule has 0 aromatic carbocycles. The predicted octanol–water partition coefficient (Wildman–Crippen LogP) is 6.16. The molecule has 12 heteroatoms. The van der Waals surface area contributed by atoms with E-state index in [0.717, 1.165) is 42.6 Å². The minimum Gasteiger partial charge on any atom is -0.491 e. The Bertz CT molecular complexity index is 1450. The molecule has 1 atom stereocenters. The summed E-state index contributed by atoms with van der Waals surface area (Å²) < 4.78 is 76.4. The molecule has 7 nitrogen and oxygen atoms in total. The third-order valence-corrected chi connectivity index (χ3v) is 7.01. The van der Waals surface area contributed by atoms with Crippen LogP contribution in [0.3, 0.4) is 0 Å². The quantitative estimate of drug-likeness (QED) is 0.349. The Balaban J connectivity index is 1.28. The van der Waals surface area contributed by atoms with E-state index in [1.54, 1.807) is 43.5 Å². The highest BCUT2D eigenvalue weighted by molar-refractivity contribution is 5.75. The maximum Gasteiger partial charge on any atom is 0.461 e. The van der Waals surface area contributed by atoms with Crippen LogP contribution in [0.2, 0.25) is 0 Å². The van der Waals surface area contributed by atoms with E-state index < -0.39 is 24.0 Å². The molecule has 0 bridgehead atoms. The van der Waals surface area contributed by atoms with Gasteiger partial charge < -0.3 is 10.5 Å². The number of nitrogen functional groups attached to an aromatic ring is 1. The molecule has 1 fully saturated rings. The summed E-state index contributed by atoms with van der Waals surface area (Å²) in [5.41, 5.74) is 7.33. The summed E-state index contributed by atoms with van der Waals surface area (Å²) in [6.45, 7) is 4.17. The highest BCUT2D eigenvalue weighted by Gasteiger charge is 2.62. The molecule has 0 saturated carbocycles. The fourth-order valence-corrected chi connectivity index (χ4v) is 5.04. The van der Waals surface area contributed by atoms with Crippen molar-refractivity contribution in [2.24, 2.45) is 0 Å². The molecule has 212 valence electrons. The van der Waals surface area contributed by atoms with Crippen molar-refractivity contribution in [2.45, 2.75) is 57.0 Å². The fourth-order valence-electron chi connectivity index (χ4n) is 5.04. The normalized spacial score (nSPS) is 19.4. The zero-order chi connectivity index (χ0) is 28.5. The zero-order valence-corrected chi connectivity index (χ0v) is 21.8. The van der Waals surface area contributed by atoms with Crippen molar-refractivity contribution in [2.75, 3.05) is 18.8 Å². The number of fused-ring (bicyclic) bond motifs is 1. The van der Waals surface area contributed by atoms with Gasteiger partial charge in [-0.2, -0.15) is 22.0 Å². The number of anilines is 1. The van der Waals surface area contributed by atoms with Gasteiger partial charge >= 0.3 is 12.1 Å². The van der Waals surface area contributed by atoms with Crippen molar-refractivity contribution >= 4 is 23.1 Å². The van der Waals surface area contributed by atoms with Crippen LogP contribution in [0.1, 0.15) is 49.2 Å². The van der Waals surface area contributed by atoms with E-state index in [0.29, 0.717) is 17.1 Å². The van der Waals surface area contributed by atoms with Gasteiger partial charge in [0.15, 0.2) is 11.5 Å². The van der Waals surface area contributed by atoms with Crippen LogP contribution in [0, 0.1) is 0 Å². The summed E-state index contributed by atoms with van der Waals surface area (Å²) >= 11 is 0. The lowest BCUT2D eigenvalue weighted by atomic mass is 10.0. The highest BCUT2D eigenvalue weighted by atomic mass is 19.4. The number of piperidine rings is 1. The Morgan fingerprint density at radius 3 is 2.55 bits per heavy atom. The van der Waals surface area contributed by atoms with Crippen LogP contribution >= 0.6 is 0 Å². The summed E-state index contributed by atoms with van der Waals surface area (Å²) in [5.74, 6) is -5.49. The maximum atomic E-state index is 14.6. The molecule has 1 unspecified atom stereocenters. The minimum atomic E-state index is -5.81. The Kier molecular flexibility index (Phi) is 7.63. The van der Waals surface area contributed by atoms with Gasteiger partial charge in [0.2, 0.25) is 0 Å². The largest absolute Gasteiger partial charge is 0.491 e. The van der Waals surface area contributed by atoms with E-state index in [4.69, 9.17) is 10.5 Å². The molecule has 1 aliphatic heterocycles. The SMILES string of the molecule is C/C=C/c1cnc2c(c1)nc(C(F)(F)C(F)(F)F)n2C1C=CC(OC2CCN(Cc3ccnc(N)c3)CC2)=CC1. The summed E-state index contributed by atoms with van der Waals surface area (Å²) in [4.78, 5) is 14.2. The van der Waals surface area contributed by atoms with Crippen LogP contribution in [-0.4, -0.2) is 49.8 Å². The molecule has 1 aliphatic carbocycles. The van der Waals surface area contributed by atoms with E-state index in [1.807, 2.05) is 12.1 Å². The number of allylic oxidation sites excluding steroid dienone is 4. The van der Waals surface area contributed by atoms with Gasteiger partial charge in [-0.25, -0.2) is 15.0 Å². The second kappa shape index (κ2) is 11.0. The van der Waals surface area contributed by atoms with Crippen LogP contribution in [0.25, 0.3) is 17.2 Å². The second-order valence-electron chi connectivity index (χ2n) is 9.94. The van der Waals surface area contributed by atoms with Crippen molar-refractivity contribution in [3.05, 3.63) is 77.6 Å². The minimum absolute atomic E-state index is 0.0304. The molecule has 1 saturated heterocycles. The number of nitrogens with zero attached hydrogens (tertiary/aromatic N) is 5. The number of nitrogens with two attached hydrogens (primary N) is 1. The lowest BCUT2D eigenvalue weighted by Crippen LogP contribution is -2.37. The first-order chi connectivity index (χ1) is 19.0. The summed E-state index contributed by atoms with van der Waals surface area (Å²) in [6.07, 6.45) is 7.29. The first-order valence-corrected chi connectivity index (χ1v) is 13.0. The van der Waals surface area contributed by atoms with Gasteiger partial charge in [-0.1, -0.05) is 18.2 Å². The van der Waals surface area contributed by atoms with Crippen molar-refractivity contribution < 1.29 is 26.7 Å². The zero-order valence-electron chi connectivity index (χ0n) is 21.8. The number of hydrogen-bond acceptors (Lipinski definition) is 6. The third kappa shape index (κ3) is 5.72. The van der Waals surface area contributed by atoms with Crippen LogP contribution in [-0.2, 0) is 17.2 Å². The molecular weight excluding hydrogens is 531 g/mol. The number of pyridine rings is 2. The van der Waals surface area contributed by atoms with Crippen LogP contribution in [0.15, 0.2) is 60.7 Å². The van der Waals surface area contributed by atoms with Crippen LogP contribution in [0.4, 0.5) is 27.8 Å². The Morgan fingerprint density at radius 1 is 1.12 bits per heavy atom. The van der Waals surface area contributed by atoms with Gasteiger partial charge in [-0.05, 0) is 67.7 Å². The van der Waals surface area contributed by atoms with Gasteiger partial charge in [0.05, 0.1) is 6.04 Å². The third-order valence-electron chi connectivity index (χ3n) is 7.01. The predicted molar refractivity (Wildman–Crippen MR) is 141 cm³/mol. The monoisotopic (exact) mass is 560 g/mol. The van der Waals surface area contributed by atoms with E-state index in [2.05, 4.69) is 19.9 Å². The lowest BCUT2D eigenvalue weighted by Gasteiger charge is -2.33. The first-order valence-electron chi connectivity index (χ1n) is 13.0. The molecule has 3 aromatic rings. The van der Waals surface area contributed by atoms with Crippen molar-refractivity contribution in [1.82, 2.24) is 24.4 Å². The molecule has 3 aromatic heterocycles. The first kappa shape index (κ1) is 27.8. The number of hydrogen-bond donors (Lipinski definition) is 1.